The van der Waals surface area contributed by atoms with Gasteiger partial charge in [0, 0.05) is 69.9 Å². The van der Waals surface area contributed by atoms with Crippen molar-refractivity contribution < 1.29 is 4.74 Å². The molecule has 2 fully saturated rings. The summed E-state index contributed by atoms with van der Waals surface area (Å²) in [5.41, 5.74) is 2.52. The molecule has 0 aromatic heterocycles. The topological polar surface area (TPSA) is 15.7 Å². The van der Waals surface area contributed by atoms with E-state index in [1.807, 2.05) is 7.11 Å². The molecule has 0 atom stereocenters. The molecule has 0 amide bonds. The molecule has 25 heavy (non-hydrogen) atoms. The Morgan fingerprint density at radius 2 is 1.92 bits per heavy atom. The highest BCUT2D eigenvalue weighted by Gasteiger charge is 2.18. The zero-order valence-electron chi connectivity index (χ0n) is 15.4. The molecule has 3 nitrogen and oxygen atoms in total. The monoisotopic (exact) mass is 358 g/mol. The number of hydrogen-bond acceptors (Lipinski definition) is 4. The smallest absolute Gasteiger partial charge is 0.0595 e. The highest BCUT2D eigenvalue weighted by molar-refractivity contribution is 7.99. The average Bonchev–Trinajstić information content (AvgIpc) is 2.67. The van der Waals surface area contributed by atoms with Gasteiger partial charge in [-0.05, 0) is 30.5 Å². The van der Waals surface area contributed by atoms with E-state index >= 15 is 0 Å². The molecule has 2 aliphatic rings. The van der Waals surface area contributed by atoms with Crippen molar-refractivity contribution in [3.8, 4) is 11.8 Å². The molecule has 2 aliphatic heterocycles. The van der Waals surface area contributed by atoms with Crippen LogP contribution in [0.25, 0.3) is 0 Å². The molecule has 2 saturated heterocycles. The van der Waals surface area contributed by atoms with Gasteiger partial charge < -0.3 is 9.64 Å². The fraction of sp³-hybridized carbons (Fsp3) is 0.619. The summed E-state index contributed by atoms with van der Waals surface area (Å²) >= 11 is 2.06. The lowest BCUT2D eigenvalue weighted by Gasteiger charge is -2.31. The molecule has 0 radical (unpaired) electrons. The van der Waals surface area contributed by atoms with Gasteiger partial charge in [-0.15, -0.1) is 0 Å². The highest BCUT2D eigenvalue weighted by atomic mass is 32.2. The van der Waals surface area contributed by atoms with Crippen molar-refractivity contribution in [2.24, 2.45) is 0 Å². The largest absolute Gasteiger partial charge is 0.381 e. The van der Waals surface area contributed by atoms with Crippen LogP contribution < -0.4 is 0 Å². The third-order valence-electron chi connectivity index (χ3n) is 5.09. The minimum absolute atomic E-state index is 0.451. The number of rotatable bonds is 5. The van der Waals surface area contributed by atoms with Crippen LogP contribution in [0.2, 0.25) is 0 Å². The number of nitrogens with zero attached hydrogens (tertiary/aromatic N) is 2. The summed E-state index contributed by atoms with van der Waals surface area (Å²) < 4.78 is 5.46. The van der Waals surface area contributed by atoms with Crippen molar-refractivity contribution >= 4 is 11.8 Å². The van der Waals surface area contributed by atoms with E-state index in [1.165, 1.54) is 30.2 Å². The summed E-state index contributed by atoms with van der Waals surface area (Å²) in [5.74, 6) is 9.27. The van der Waals surface area contributed by atoms with Crippen molar-refractivity contribution in [3.63, 3.8) is 0 Å². The van der Waals surface area contributed by atoms with Gasteiger partial charge in [0.15, 0.2) is 0 Å². The quantitative estimate of drug-likeness (QED) is 0.751. The number of ether oxygens (including phenoxy) is 1. The molecule has 1 aromatic carbocycles. The van der Waals surface area contributed by atoms with E-state index in [1.54, 1.807) is 0 Å². The second kappa shape index (κ2) is 10.2. The van der Waals surface area contributed by atoms with Gasteiger partial charge in [-0.1, -0.05) is 24.0 Å². The highest BCUT2D eigenvalue weighted by Crippen LogP contribution is 2.16. The molecule has 4 heteroatoms. The standard InChI is InChI=1S/C21H30N2OS/c1-24-21-8-11-23(12-9-21)18-20-7-4-6-19(17-20)5-2-3-10-22-13-15-25-16-14-22/h4,6-7,17,21H,3,8-16,18H2,1H3. The predicted octanol–water partition coefficient (Wildman–Crippen LogP) is 3.09. The van der Waals surface area contributed by atoms with Gasteiger partial charge in [0.1, 0.15) is 0 Å². The van der Waals surface area contributed by atoms with Crippen molar-refractivity contribution in [2.75, 3.05) is 51.3 Å². The zero-order valence-corrected chi connectivity index (χ0v) is 16.2. The Kier molecular flexibility index (Phi) is 7.69. The minimum Gasteiger partial charge on any atom is -0.381 e. The van der Waals surface area contributed by atoms with E-state index in [0.717, 1.165) is 51.0 Å². The van der Waals surface area contributed by atoms with Gasteiger partial charge in [-0.2, -0.15) is 11.8 Å². The third kappa shape index (κ3) is 6.34. The van der Waals surface area contributed by atoms with E-state index in [9.17, 15) is 0 Å². The molecule has 0 unspecified atom stereocenters. The van der Waals surface area contributed by atoms with Crippen molar-refractivity contribution in [1.29, 1.82) is 0 Å². The van der Waals surface area contributed by atoms with Crippen LogP contribution in [0.3, 0.4) is 0 Å². The predicted molar refractivity (Wildman–Crippen MR) is 107 cm³/mol. The number of methoxy groups -OCH3 is 1. The number of likely N-dealkylation sites (tertiary alicyclic amines) is 1. The first-order valence-electron chi connectivity index (χ1n) is 9.46. The Bertz CT molecular complexity index is 581. The van der Waals surface area contributed by atoms with Gasteiger partial charge in [0.05, 0.1) is 6.10 Å². The maximum Gasteiger partial charge on any atom is 0.0595 e. The van der Waals surface area contributed by atoms with Crippen molar-refractivity contribution in [1.82, 2.24) is 9.80 Å². The lowest BCUT2D eigenvalue weighted by Crippen LogP contribution is -2.36. The Balaban J connectivity index is 1.46. The molecule has 0 bridgehead atoms. The molecule has 1 aromatic rings. The summed E-state index contributed by atoms with van der Waals surface area (Å²) in [7, 11) is 1.83. The second-order valence-electron chi connectivity index (χ2n) is 6.92. The van der Waals surface area contributed by atoms with Gasteiger partial charge in [0.2, 0.25) is 0 Å². The summed E-state index contributed by atoms with van der Waals surface area (Å²) in [6.45, 7) is 6.84. The van der Waals surface area contributed by atoms with Crippen LogP contribution in [0.1, 0.15) is 30.4 Å². The molecule has 2 heterocycles. The van der Waals surface area contributed by atoms with Crippen LogP contribution >= 0.6 is 11.8 Å². The van der Waals surface area contributed by atoms with Crippen LogP contribution in [0, 0.1) is 11.8 Å². The molecule has 3 rings (SSSR count). The first kappa shape index (κ1) is 18.8. The summed E-state index contributed by atoms with van der Waals surface area (Å²) in [4.78, 5) is 5.06. The summed E-state index contributed by atoms with van der Waals surface area (Å²) in [5, 5.41) is 0. The average molecular weight is 359 g/mol. The molecular weight excluding hydrogens is 328 g/mol. The zero-order chi connectivity index (χ0) is 17.3. The van der Waals surface area contributed by atoms with Gasteiger partial charge in [-0.3, -0.25) is 4.90 Å². The van der Waals surface area contributed by atoms with E-state index in [0.29, 0.717) is 6.10 Å². The Labute approximate surface area is 157 Å². The van der Waals surface area contributed by atoms with Crippen LogP contribution in [-0.4, -0.2) is 67.2 Å². The number of thioether (sulfide) groups is 1. The van der Waals surface area contributed by atoms with Crippen LogP contribution in [0.5, 0.6) is 0 Å². The van der Waals surface area contributed by atoms with Crippen molar-refractivity contribution in [2.45, 2.75) is 31.9 Å². The first-order valence-corrected chi connectivity index (χ1v) is 10.6. The number of hydrogen-bond donors (Lipinski definition) is 0. The lowest BCUT2D eigenvalue weighted by atomic mass is 10.1. The third-order valence-corrected chi connectivity index (χ3v) is 6.03. The first-order chi connectivity index (χ1) is 12.3. The van der Waals surface area contributed by atoms with Gasteiger partial charge in [0.25, 0.3) is 0 Å². The Morgan fingerprint density at radius 1 is 1.12 bits per heavy atom. The summed E-state index contributed by atoms with van der Waals surface area (Å²) in [6, 6.07) is 8.75. The minimum atomic E-state index is 0.451. The van der Waals surface area contributed by atoms with E-state index in [4.69, 9.17) is 4.74 Å². The molecule has 0 spiro atoms. The lowest BCUT2D eigenvalue weighted by molar-refractivity contribution is 0.0388. The maximum absolute atomic E-state index is 5.46. The molecule has 136 valence electrons. The molecule has 0 saturated carbocycles. The van der Waals surface area contributed by atoms with E-state index in [-0.39, 0.29) is 0 Å². The van der Waals surface area contributed by atoms with Crippen LogP contribution in [0.15, 0.2) is 24.3 Å². The van der Waals surface area contributed by atoms with E-state index < -0.39 is 0 Å². The molecule has 0 N–H and O–H groups in total. The summed E-state index contributed by atoms with van der Waals surface area (Å²) in [6.07, 6.45) is 3.71. The number of benzene rings is 1. The maximum atomic E-state index is 5.46. The SMILES string of the molecule is COC1CCN(Cc2cccc(C#CCCN3CCSCC3)c2)CC1. The fourth-order valence-electron chi connectivity index (χ4n) is 3.51. The van der Waals surface area contributed by atoms with Gasteiger partial charge >= 0.3 is 0 Å². The van der Waals surface area contributed by atoms with Crippen LogP contribution in [-0.2, 0) is 11.3 Å². The van der Waals surface area contributed by atoms with Crippen LogP contribution in [0.4, 0.5) is 0 Å². The normalized spacial score (nSPS) is 20.2. The van der Waals surface area contributed by atoms with E-state index in [2.05, 4.69) is 57.7 Å². The van der Waals surface area contributed by atoms with Gasteiger partial charge in [-0.25, -0.2) is 0 Å². The second-order valence-corrected chi connectivity index (χ2v) is 8.14. The van der Waals surface area contributed by atoms with Crippen molar-refractivity contribution in [3.05, 3.63) is 35.4 Å². The Hall–Kier alpha value is -0.990. The fourth-order valence-corrected chi connectivity index (χ4v) is 4.49. The number of piperidine rings is 1. The molecule has 0 aliphatic carbocycles. The molecular formula is C21H30N2OS. The Morgan fingerprint density at radius 3 is 2.68 bits per heavy atom.